The SMILES string of the molecule is CC.CCC(C)CC1=CC(c2cccc(C)n2)=NC1.CCc1cc(-c2cccc(C=N)n2)no1. The highest BCUT2D eigenvalue weighted by molar-refractivity contribution is 6.09. The standard InChI is InChI=1S/C15H20N2.C11H11N3O.C2H6/c1-4-11(2)8-13-9-15(16-10-13)14-7-5-6-12(3)17-14;1-2-9-6-11(14-15-9)10-5-3-4-8(7-12)13-10;1-2/h5-7,9,11H,4,8,10H2,1-3H3;3-7,12H,2H2,1H3;1-2H3. The van der Waals surface area contributed by atoms with E-state index in [1.165, 1.54) is 18.2 Å². The summed E-state index contributed by atoms with van der Waals surface area (Å²) in [5, 5.41) is 11.0. The van der Waals surface area contributed by atoms with Crippen LogP contribution in [0.4, 0.5) is 0 Å². The molecule has 0 fully saturated rings. The molecule has 0 amide bonds. The van der Waals surface area contributed by atoms with Crippen LogP contribution in [0.1, 0.15) is 70.3 Å². The molecule has 1 atom stereocenters. The minimum absolute atomic E-state index is 0.619. The molecule has 1 aliphatic heterocycles. The lowest BCUT2D eigenvalue weighted by Gasteiger charge is -2.07. The van der Waals surface area contributed by atoms with E-state index in [0.29, 0.717) is 5.69 Å². The molecule has 0 aromatic carbocycles. The monoisotopic (exact) mass is 459 g/mol. The first-order valence-corrected chi connectivity index (χ1v) is 12.1. The normalized spacial score (nSPS) is 13.0. The van der Waals surface area contributed by atoms with Gasteiger partial charge in [0.1, 0.15) is 11.5 Å². The van der Waals surface area contributed by atoms with Gasteiger partial charge in [-0.05, 0) is 55.2 Å². The summed E-state index contributed by atoms with van der Waals surface area (Å²) in [6.07, 6.45) is 6.64. The summed E-state index contributed by atoms with van der Waals surface area (Å²) < 4.78 is 5.09. The van der Waals surface area contributed by atoms with Crippen molar-refractivity contribution < 1.29 is 4.52 Å². The third kappa shape index (κ3) is 7.87. The largest absolute Gasteiger partial charge is 0.361 e. The van der Waals surface area contributed by atoms with Crippen molar-refractivity contribution in [2.75, 3.05) is 6.54 Å². The second-order valence-corrected chi connectivity index (χ2v) is 8.01. The van der Waals surface area contributed by atoms with Crippen molar-refractivity contribution in [3.63, 3.8) is 0 Å². The van der Waals surface area contributed by atoms with E-state index >= 15 is 0 Å². The van der Waals surface area contributed by atoms with E-state index in [4.69, 9.17) is 9.93 Å². The predicted octanol–water partition coefficient (Wildman–Crippen LogP) is 6.88. The minimum Gasteiger partial charge on any atom is -0.361 e. The zero-order valence-electron chi connectivity index (χ0n) is 21.3. The molecule has 4 rings (SSSR count). The summed E-state index contributed by atoms with van der Waals surface area (Å²) in [7, 11) is 0. The van der Waals surface area contributed by atoms with Crippen LogP contribution in [0.25, 0.3) is 11.4 Å². The summed E-state index contributed by atoms with van der Waals surface area (Å²) in [5.74, 6) is 1.59. The molecule has 0 bridgehead atoms. The second kappa shape index (κ2) is 14.0. The number of allylic oxidation sites excluding steroid dienone is 1. The third-order valence-corrected chi connectivity index (χ3v) is 5.34. The molecule has 0 aliphatic carbocycles. The predicted molar refractivity (Wildman–Crippen MR) is 141 cm³/mol. The minimum atomic E-state index is 0.619. The Morgan fingerprint density at radius 2 is 1.76 bits per heavy atom. The van der Waals surface area contributed by atoms with Crippen LogP contribution in [0.3, 0.4) is 0 Å². The van der Waals surface area contributed by atoms with Gasteiger partial charge in [-0.1, -0.05) is 58.3 Å². The molecule has 34 heavy (non-hydrogen) atoms. The van der Waals surface area contributed by atoms with E-state index < -0.39 is 0 Å². The van der Waals surface area contributed by atoms with Crippen molar-refractivity contribution in [1.82, 2.24) is 15.1 Å². The molecule has 3 aromatic heterocycles. The first-order valence-electron chi connectivity index (χ1n) is 12.1. The van der Waals surface area contributed by atoms with Crippen molar-refractivity contribution in [1.29, 1.82) is 5.41 Å². The van der Waals surface area contributed by atoms with Gasteiger partial charge in [-0.25, -0.2) is 4.98 Å². The number of aryl methyl sites for hydroxylation is 2. The number of pyridine rings is 2. The molecule has 180 valence electrons. The van der Waals surface area contributed by atoms with Crippen LogP contribution in [0.5, 0.6) is 0 Å². The van der Waals surface area contributed by atoms with Crippen molar-refractivity contribution in [3.05, 3.63) is 77.0 Å². The van der Waals surface area contributed by atoms with E-state index in [-0.39, 0.29) is 0 Å². The van der Waals surface area contributed by atoms with Crippen LogP contribution in [0.15, 0.2) is 63.6 Å². The van der Waals surface area contributed by atoms with Gasteiger partial charge < -0.3 is 9.93 Å². The maximum Gasteiger partial charge on any atom is 0.137 e. The fourth-order valence-electron chi connectivity index (χ4n) is 3.30. The van der Waals surface area contributed by atoms with Gasteiger partial charge in [-0.2, -0.15) is 0 Å². The van der Waals surface area contributed by atoms with Crippen LogP contribution in [0.2, 0.25) is 0 Å². The Labute approximate surface area is 203 Å². The zero-order chi connectivity index (χ0) is 24.9. The van der Waals surface area contributed by atoms with E-state index in [1.807, 2.05) is 64.1 Å². The summed E-state index contributed by atoms with van der Waals surface area (Å²) in [6, 6.07) is 13.4. The Bertz CT molecular complexity index is 1110. The number of hydrogen-bond acceptors (Lipinski definition) is 6. The van der Waals surface area contributed by atoms with Crippen LogP contribution in [-0.4, -0.2) is 33.6 Å². The lowest BCUT2D eigenvalue weighted by atomic mass is 9.99. The number of aromatic nitrogens is 3. The first kappa shape index (κ1) is 26.8. The van der Waals surface area contributed by atoms with Crippen molar-refractivity contribution in [3.8, 4) is 11.4 Å². The number of aliphatic imine (C=N–C) groups is 1. The molecule has 1 aliphatic rings. The Morgan fingerprint density at radius 3 is 2.41 bits per heavy atom. The van der Waals surface area contributed by atoms with Gasteiger partial charge in [0.25, 0.3) is 0 Å². The van der Waals surface area contributed by atoms with Gasteiger partial charge in [0, 0.05) is 24.4 Å². The average Bonchev–Trinajstić information content (AvgIpc) is 3.55. The summed E-state index contributed by atoms with van der Waals surface area (Å²) in [4.78, 5) is 13.3. The van der Waals surface area contributed by atoms with E-state index in [9.17, 15) is 0 Å². The molecule has 3 aromatic rings. The zero-order valence-corrected chi connectivity index (χ0v) is 21.3. The lowest BCUT2D eigenvalue weighted by molar-refractivity contribution is 0.389. The number of nitrogens with one attached hydrogen (secondary N) is 1. The smallest absolute Gasteiger partial charge is 0.137 e. The van der Waals surface area contributed by atoms with Gasteiger partial charge in [0.2, 0.25) is 0 Å². The number of nitrogens with zero attached hydrogens (tertiary/aromatic N) is 4. The summed E-state index contributed by atoms with van der Waals surface area (Å²) in [6.45, 7) is 13.4. The highest BCUT2D eigenvalue weighted by Gasteiger charge is 2.13. The van der Waals surface area contributed by atoms with Gasteiger partial charge in [0.15, 0.2) is 0 Å². The molecule has 0 saturated carbocycles. The molecule has 1 unspecified atom stereocenters. The highest BCUT2D eigenvalue weighted by atomic mass is 16.5. The van der Waals surface area contributed by atoms with Gasteiger partial charge >= 0.3 is 0 Å². The third-order valence-electron chi connectivity index (χ3n) is 5.34. The Kier molecular flexibility index (Phi) is 11.0. The molecule has 4 heterocycles. The summed E-state index contributed by atoms with van der Waals surface area (Å²) in [5.41, 5.74) is 6.62. The number of rotatable bonds is 7. The molecule has 6 nitrogen and oxygen atoms in total. The van der Waals surface area contributed by atoms with Crippen LogP contribution in [-0.2, 0) is 6.42 Å². The quantitative estimate of drug-likeness (QED) is 0.390. The Balaban J connectivity index is 0.000000225. The van der Waals surface area contributed by atoms with Crippen molar-refractivity contribution >= 4 is 11.9 Å². The van der Waals surface area contributed by atoms with Gasteiger partial charge in [0.05, 0.1) is 29.3 Å². The second-order valence-electron chi connectivity index (χ2n) is 8.01. The van der Waals surface area contributed by atoms with Crippen molar-refractivity contribution in [2.24, 2.45) is 10.9 Å². The Hall–Kier alpha value is -3.41. The first-order chi connectivity index (χ1) is 16.5. The van der Waals surface area contributed by atoms with E-state index in [2.05, 4.69) is 40.0 Å². The van der Waals surface area contributed by atoms with Crippen LogP contribution >= 0.6 is 0 Å². The summed E-state index contributed by atoms with van der Waals surface area (Å²) >= 11 is 0. The fraction of sp³-hybridized carbons (Fsp3) is 0.393. The maximum absolute atomic E-state index is 7.11. The highest BCUT2D eigenvalue weighted by Crippen LogP contribution is 2.20. The Morgan fingerprint density at radius 1 is 1.03 bits per heavy atom. The molecular formula is C28H37N5O. The maximum atomic E-state index is 7.11. The van der Waals surface area contributed by atoms with Crippen LogP contribution in [0, 0.1) is 18.3 Å². The van der Waals surface area contributed by atoms with E-state index in [1.54, 1.807) is 6.07 Å². The van der Waals surface area contributed by atoms with Crippen LogP contribution < -0.4 is 0 Å². The number of hydrogen-bond donors (Lipinski definition) is 1. The molecule has 6 heteroatoms. The molecule has 1 N–H and O–H groups in total. The molecule has 0 radical (unpaired) electrons. The fourth-order valence-corrected chi connectivity index (χ4v) is 3.30. The van der Waals surface area contributed by atoms with E-state index in [0.717, 1.165) is 59.6 Å². The van der Waals surface area contributed by atoms with Crippen molar-refractivity contribution in [2.45, 2.75) is 60.8 Å². The van der Waals surface area contributed by atoms with Gasteiger partial charge in [-0.15, -0.1) is 0 Å². The molecule has 0 saturated heterocycles. The molecule has 0 spiro atoms. The van der Waals surface area contributed by atoms with Gasteiger partial charge in [-0.3, -0.25) is 9.98 Å². The average molecular weight is 460 g/mol. The topological polar surface area (TPSA) is 88.0 Å². The lowest BCUT2D eigenvalue weighted by Crippen LogP contribution is -1.99. The molecular weight excluding hydrogens is 422 g/mol.